The third-order valence-corrected chi connectivity index (χ3v) is 4.37. The van der Waals surface area contributed by atoms with Crippen molar-refractivity contribution in [1.29, 1.82) is 0 Å². The van der Waals surface area contributed by atoms with Gasteiger partial charge in [-0.1, -0.05) is 0 Å². The molecule has 0 unspecified atom stereocenters. The SMILES string of the molecule is CC1(C)CC(N(N=O)C(=O)ON2C(=O)CCC2=O)CC(C)(C)N1[O-]. The average molecular weight is 341 g/mol. The smallest absolute Gasteiger partial charge is 0.458 e. The monoisotopic (exact) mass is 341 g/mol. The molecular formula is C14H21N4O6-. The summed E-state index contributed by atoms with van der Waals surface area (Å²) in [5.74, 6) is -1.29. The fraction of sp³-hybridized carbons (Fsp3) is 0.786. The molecule has 2 aliphatic rings. The van der Waals surface area contributed by atoms with Crippen LogP contribution < -0.4 is 0 Å². The molecule has 0 aromatic carbocycles. The first-order valence-electron chi connectivity index (χ1n) is 7.67. The summed E-state index contributed by atoms with van der Waals surface area (Å²) < 4.78 is 0. The number of hydrogen-bond donors (Lipinski definition) is 0. The Bertz CT molecular complexity index is 542. The zero-order valence-electron chi connectivity index (χ0n) is 14.1. The summed E-state index contributed by atoms with van der Waals surface area (Å²) in [6, 6.07) is -0.682. The number of nitrogens with zero attached hydrogens (tertiary/aromatic N) is 4. The van der Waals surface area contributed by atoms with Gasteiger partial charge in [0, 0.05) is 23.9 Å². The first-order chi connectivity index (χ1) is 11.0. The molecular weight excluding hydrogens is 320 g/mol. The van der Waals surface area contributed by atoms with Crippen molar-refractivity contribution in [3.05, 3.63) is 10.1 Å². The van der Waals surface area contributed by atoms with Gasteiger partial charge in [-0.3, -0.25) is 9.59 Å². The van der Waals surface area contributed by atoms with Crippen molar-refractivity contribution >= 4 is 17.9 Å². The molecule has 0 aliphatic carbocycles. The lowest BCUT2D eigenvalue weighted by molar-refractivity contribution is -0.175. The van der Waals surface area contributed by atoms with Gasteiger partial charge in [0.2, 0.25) is 0 Å². The lowest BCUT2D eigenvalue weighted by Crippen LogP contribution is -2.62. The van der Waals surface area contributed by atoms with E-state index in [1.165, 1.54) is 0 Å². The first kappa shape index (κ1) is 18.3. The van der Waals surface area contributed by atoms with E-state index in [9.17, 15) is 24.5 Å². The molecule has 10 heteroatoms. The third kappa shape index (κ3) is 3.24. The number of hydrogen-bond acceptors (Lipinski definition) is 8. The van der Waals surface area contributed by atoms with E-state index < -0.39 is 35.0 Å². The van der Waals surface area contributed by atoms with Crippen LogP contribution in [0.5, 0.6) is 0 Å². The highest BCUT2D eigenvalue weighted by Crippen LogP contribution is 2.39. The van der Waals surface area contributed by atoms with Gasteiger partial charge in [-0.05, 0) is 40.5 Å². The highest BCUT2D eigenvalue weighted by atomic mass is 16.7. The summed E-state index contributed by atoms with van der Waals surface area (Å²) in [6.45, 7) is 6.82. The molecule has 0 spiro atoms. The van der Waals surface area contributed by atoms with Crippen molar-refractivity contribution in [1.82, 2.24) is 15.1 Å². The summed E-state index contributed by atoms with van der Waals surface area (Å²) in [6.07, 6.45) is -0.903. The predicted octanol–water partition coefficient (Wildman–Crippen LogP) is 1.69. The van der Waals surface area contributed by atoms with Gasteiger partial charge in [-0.15, -0.1) is 9.97 Å². The quantitative estimate of drug-likeness (QED) is 0.435. The summed E-state index contributed by atoms with van der Waals surface area (Å²) >= 11 is 0. The normalized spacial score (nSPS) is 24.1. The Kier molecular flexibility index (Phi) is 4.64. The van der Waals surface area contributed by atoms with Gasteiger partial charge in [0.15, 0.2) is 0 Å². The molecule has 0 aromatic heterocycles. The van der Waals surface area contributed by atoms with Crippen LogP contribution in [0.3, 0.4) is 0 Å². The summed E-state index contributed by atoms with van der Waals surface area (Å²) in [7, 11) is 0. The minimum Gasteiger partial charge on any atom is -0.784 e. The van der Waals surface area contributed by atoms with Crippen LogP contribution in [-0.2, 0) is 14.4 Å². The molecule has 0 saturated carbocycles. The highest BCUT2D eigenvalue weighted by molar-refractivity contribution is 6.01. The highest BCUT2D eigenvalue weighted by Gasteiger charge is 2.45. The van der Waals surface area contributed by atoms with Crippen molar-refractivity contribution in [3.63, 3.8) is 0 Å². The Morgan fingerprint density at radius 1 is 1.17 bits per heavy atom. The number of hydroxylamine groups is 4. The van der Waals surface area contributed by atoms with E-state index in [1.54, 1.807) is 27.7 Å². The van der Waals surface area contributed by atoms with E-state index >= 15 is 0 Å². The van der Waals surface area contributed by atoms with E-state index in [-0.39, 0.29) is 25.7 Å². The van der Waals surface area contributed by atoms with Gasteiger partial charge >= 0.3 is 6.09 Å². The van der Waals surface area contributed by atoms with E-state index in [2.05, 4.69) is 5.29 Å². The number of imide groups is 1. The van der Waals surface area contributed by atoms with Crippen LogP contribution in [0.25, 0.3) is 0 Å². The molecule has 0 aromatic rings. The molecule has 10 nitrogen and oxygen atoms in total. The summed E-state index contributed by atoms with van der Waals surface area (Å²) in [5, 5.41) is 16.9. The maximum Gasteiger partial charge on any atom is 0.458 e. The maximum absolute atomic E-state index is 12.3. The van der Waals surface area contributed by atoms with Crippen LogP contribution in [0.1, 0.15) is 53.4 Å². The minimum atomic E-state index is -1.20. The van der Waals surface area contributed by atoms with Crippen molar-refractivity contribution < 1.29 is 19.2 Å². The molecule has 0 bridgehead atoms. The van der Waals surface area contributed by atoms with Gasteiger partial charge in [0.25, 0.3) is 11.8 Å². The Balaban J connectivity index is 2.15. The van der Waals surface area contributed by atoms with Crippen LogP contribution in [0, 0.1) is 10.1 Å². The Morgan fingerprint density at radius 2 is 1.62 bits per heavy atom. The third-order valence-electron chi connectivity index (χ3n) is 4.37. The lowest BCUT2D eigenvalue weighted by atomic mass is 9.79. The summed E-state index contributed by atoms with van der Waals surface area (Å²) in [5.41, 5.74) is -1.65. The van der Waals surface area contributed by atoms with Crippen LogP contribution in [-0.4, -0.2) is 50.2 Å². The lowest BCUT2D eigenvalue weighted by Gasteiger charge is -2.60. The van der Waals surface area contributed by atoms with Crippen LogP contribution in [0.4, 0.5) is 4.79 Å². The molecule has 2 heterocycles. The van der Waals surface area contributed by atoms with Crippen molar-refractivity contribution in [3.8, 4) is 0 Å². The molecule has 2 saturated heterocycles. The molecule has 0 N–H and O–H groups in total. The van der Waals surface area contributed by atoms with Crippen LogP contribution in [0.15, 0.2) is 5.29 Å². The van der Waals surface area contributed by atoms with Crippen molar-refractivity contribution in [2.45, 2.75) is 70.5 Å². The van der Waals surface area contributed by atoms with E-state index in [4.69, 9.17) is 4.84 Å². The number of amides is 3. The molecule has 2 fully saturated rings. The molecule has 2 aliphatic heterocycles. The van der Waals surface area contributed by atoms with Crippen molar-refractivity contribution in [2.75, 3.05) is 0 Å². The van der Waals surface area contributed by atoms with Crippen LogP contribution >= 0.6 is 0 Å². The topological polar surface area (TPSA) is 123 Å². The fourth-order valence-electron chi connectivity index (χ4n) is 3.41. The molecule has 2 rings (SSSR count). The minimum absolute atomic E-state index is 0.0464. The zero-order chi connectivity index (χ0) is 18.3. The Hall–Kier alpha value is -2.07. The molecule has 0 atom stereocenters. The standard InChI is InChI=1S/C14H21N4O6/c1-13(2)7-9(8-14(3,4)18(13)23)16(15-22)12(21)24-17-10(19)5-6-11(17)20/h9H,5-8H2,1-4H3/q-1. The second-order valence-electron chi connectivity index (χ2n) is 7.35. The van der Waals surface area contributed by atoms with Gasteiger partial charge in [-0.25, -0.2) is 4.79 Å². The fourth-order valence-corrected chi connectivity index (χ4v) is 3.41. The molecule has 0 radical (unpaired) electrons. The zero-order valence-corrected chi connectivity index (χ0v) is 14.1. The second kappa shape index (κ2) is 6.10. The average Bonchev–Trinajstić information content (AvgIpc) is 2.77. The van der Waals surface area contributed by atoms with Crippen LogP contribution in [0.2, 0.25) is 0 Å². The number of carbonyl (C=O) groups is 3. The first-order valence-corrected chi connectivity index (χ1v) is 7.67. The van der Waals surface area contributed by atoms with Gasteiger partial charge < -0.3 is 15.1 Å². The molecule has 24 heavy (non-hydrogen) atoms. The number of rotatable bonds is 3. The number of piperidine rings is 1. The van der Waals surface area contributed by atoms with Crippen molar-refractivity contribution in [2.24, 2.45) is 5.29 Å². The van der Waals surface area contributed by atoms with Gasteiger partial charge in [-0.2, -0.15) is 5.01 Å². The summed E-state index contributed by atoms with van der Waals surface area (Å²) in [4.78, 5) is 51.1. The number of nitroso groups, excluding NO2 is 1. The van der Waals surface area contributed by atoms with E-state index in [1.807, 2.05) is 0 Å². The second-order valence-corrected chi connectivity index (χ2v) is 7.35. The Morgan fingerprint density at radius 3 is 2.04 bits per heavy atom. The van der Waals surface area contributed by atoms with E-state index in [0.717, 1.165) is 5.06 Å². The largest absolute Gasteiger partial charge is 0.784 e. The Labute approximate surface area is 139 Å². The maximum atomic E-state index is 12.3. The van der Waals surface area contributed by atoms with Gasteiger partial charge in [0.1, 0.15) is 0 Å². The van der Waals surface area contributed by atoms with E-state index in [0.29, 0.717) is 10.1 Å². The van der Waals surface area contributed by atoms with Gasteiger partial charge in [0.05, 0.1) is 11.3 Å². The predicted molar refractivity (Wildman–Crippen MR) is 81.6 cm³/mol. The number of carbonyl (C=O) groups excluding carboxylic acids is 3. The molecule has 134 valence electrons. The molecule has 3 amide bonds.